The topological polar surface area (TPSA) is 178 Å². The fraction of sp³-hybridized carbons (Fsp3) is 0.941. The maximum atomic E-state index is 13.6. The summed E-state index contributed by atoms with van der Waals surface area (Å²) in [6, 6.07) is 0.603. The second kappa shape index (κ2) is 16.5. The highest BCUT2D eigenvalue weighted by molar-refractivity contribution is 5.84. The summed E-state index contributed by atoms with van der Waals surface area (Å²) in [5.41, 5.74) is 0. The second-order valence-corrected chi connectivity index (χ2v) is 14.7. The molecule has 0 spiro atoms. The van der Waals surface area contributed by atoms with E-state index >= 15 is 0 Å². The van der Waals surface area contributed by atoms with Crippen LogP contribution in [0.15, 0.2) is 0 Å². The van der Waals surface area contributed by atoms with Crippen LogP contribution >= 0.6 is 0 Å². The minimum Gasteiger partial charge on any atom is -0.394 e. The van der Waals surface area contributed by atoms with E-state index in [-0.39, 0.29) is 42.1 Å². The molecule has 0 radical (unpaired) electrons. The first-order valence-corrected chi connectivity index (χ1v) is 17.9. The highest BCUT2D eigenvalue weighted by Gasteiger charge is 2.52. The average molecular weight is 655 g/mol. The lowest BCUT2D eigenvalue weighted by Gasteiger charge is -2.42. The summed E-state index contributed by atoms with van der Waals surface area (Å²) in [5, 5.41) is 55.0. The van der Waals surface area contributed by atoms with Gasteiger partial charge in [0.25, 0.3) is 0 Å². The highest BCUT2D eigenvalue weighted by atomic mass is 16.7. The molecular formula is C34H58N2O10. The van der Waals surface area contributed by atoms with Crippen molar-refractivity contribution in [2.75, 3.05) is 26.3 Å². The lowest BCUT2D eigenvalue weighted by Crippen LogP contribution is -2.60. The van der Waals surface area contributed by atoms with Crippen LogP contribution in [0.5, 0.6) is 0 Å². The van der Waals surface area contributed by atoms with Gasteiger partial charge in [-0.15, -0.1) is 0 Å². The molecule has 3 aliphatic carbocycles. The van der Waals surface area contributed by atoms with Crippen LogP contribution < -0.4 is 5.32 Å². The summed E-state index contributed by atoms with van der Waals surface area (Å²) < 4.78 is 18.0. The average Bonchev–Trinajstić information content (AvgIpc) is 3.96. The van der Waals surface area contributed by atoms with Gasteiger partial charge in [-0.05, 0) is 94.8 Å². The Morgan fingerprint density at radius 1 is 1.13 bits per heavy atom. The van der Waals surface area contributed by atoms with Crippen LogP contribution in [-0.2, 0) is 23.8 Å². The molecule has 2 heterocycles. The third-order valence-electron chi connectivity index (χ3n) is 11.2. The molecule has 2 saturated heterocycles. The molecule has 5 rings (SSSR count). The standard InChI is InChI=1S/C34H58N2O10/c1-3-35-28(40)7-4-6-20-15-21(20)16-24-25(39)17-26(45-34-33(43)32(42)31(41)27(18-37)46-34)30(24)19(2)14-23(38)10-11-29-36(22-8-9-22)12-5-13-44-29/h19-24,26-27,29-34,37-38,41-43H,3-18H2,1-2H3,(H,35,40)/t19-,20?,21+,23-,24-,26+,27?,29?,30+,31+,32?,33?,34-/m0/s1. The molecule has 46 heavy (non-hydrogen) atoms. The summed E-state index contributed by atoms with van der Waals surface area (Å²) in [5.74, 6) is 0.446. The summed E-state index contributed by atoms with van der Waals surface area (Å²) >= 11 is 0. The van der Waals surface area contributed by atoms with Crippen LogP contribution in [0.4, 0.5) is 0 Å². The molecule has 13 atom stereocenters. The lowest BCUT2D eigenvalue weighted by atomic mass is 9.77. The van der Waals surface area contributed by atoms with Gasteiger partial charge in [-0.25, -0.2) is 0 Å². The van der Waals surface area contributed by atoms with E-state index in [0.29, 0.717) is 43.7 Å². The fourth-order valence-electron chi connectivity index (χ4n) is 8.41. The number of hydrogen-bond acceptors (Lipinski definition) is 11. The van der Waals surface area contributed by atoms with Gasteiger partial charge in [0.05, 0.1) is 18.8 Å². The lowest BCUT2D eigenvalue weighted by molar-refractivity contribution is -0.315. The molecule has 5 unspecified atom stereocenters. The fourth-order valence-corrected chi connectivity index (χ4v) is 8.41. The number of amides is 1. The zero-order chi connectivity index (χ0) is 33.0. The molecule has 0 bridgehead atoms. The Morgan fingerprint density at radius 3 is 2.63 bits per heavy atom. The molecule has 0 aromatic rings. The van der Waals surface area contributed by atoms with E-state index in [1.165, 1.54) is 12.8 Å². The molecule has 0 aromatic heterocycles. The van der Waals surface area contributed by atoms with Crippen LogP contribution in [0.25, 0.3) is 0 Å². The number of aliphatic hydroxyl groups excluding tert-OH is 5. The normalized spacial score (nSPS) is 39.7. The van der Waals surface area contributed by atoms with Crippen LogP contribution in [0.3, 0.4) is 0 Å². The number of ether oxygens (including phenoxy) is 3. The highest BCUT2D eigenvalue weighted by Crippen LogP contribution is 2.51. The molecule has 3 saturated carbocycles. The van der Waals surface area contributed by atoms with Crippen molar-refractivity contribution in [2.45, 2.75) is 146 Å². The maximum Gasteiger partial charge on any atom is 0.219 e. The van der Waals surface area contributed by atoms with Gasteiger partial charge in [0.1, 0.15) is 36.4 Å². The Balaban J connectivity index is 1.21. The number of carbonyl (C=O) groups excluding carboxylic acids is 2. The Hall–Kier alpha value is -1.22. The first-order valence-electron chi connectivity index (χ1n) is 17.9. The zero-order valence-electron chi connectivity index (χ0n) is 27.6. The van der Waals surface area contributed by atoms with E-state index in [4.69, 9.17) is 14.2 Å². The van der Waals surface area contributed by atoms with Crippen molar-refractivity contribution in [1.82, 2.24) is 10.2 Å². The molecule has 5 aliphatic rings. The monoisotopic (exact) mass is 654 g/mol. The SMILES string of the molecule is CCNC(=O)CCCC1C[C@@H]1C[C@H]1C(=O)C[C@@H](O[C@H]2OC(CO)[C@@H](O)C(O)C2O)[C@@H]1[C@@H](C)C[C@@H](O)CCC1OCCCN1C1CC1. The van der Waals surface area contributed by atoms with Gasteiger partial charge in [-0.3, -0.25) is 14.5 Å². The van der Waals surface area contributed by atoms with Crippen LogP contribution in [0, 0.1) is 29.6 Å². The van der Waals surface area contributed by atoms with Crippen LogP contribution in [-0.4, -0.2) is 124 Å². The van der Waals surface area contributed by atoms with Gasteiger partial charge in [0.2, 0.25) is 5.91 Å². The van der Waals surface area contributed by atoms with Gasteiger partial charge in [0, 0.05) is 44.5 Å². The van der Waals surface area contributed by atoms with E-state index in [1.54, 1.807) is 0 Å². The Bertz CT molecular complexity index is 997. The molecular weight excluding hydrogens is 596 g/mol. The van der Waals surface area contributed by atoms with Crippen molar-refractivity contribution >= 4 is 11.7 Å². The molecule has 6 N–H and O–H groups in total. The molecule has 2 aliphatic heterocycles. The predicted octanol–water partition coefficient (Wildman–Crippen LogP) is 1.09. The van der Waals surface area contributed by atoms with Crippen molar-refractivity contribution in [3.05, 3.63) is 0 Å². The molecule has 0 aromatic carbocycles. The number of Topliss-reactive ketones (excluding diaryl/α,β-unsaturated/α-hetero) is 1. The maximum absolute atomic E-state index is 13.6. The smallest absolute Gasteiger partial charge is 0.219 e. The number of nitrogens with one attached hydrogen (secondary N) is 1. The molecule has 264 valence electrons. The molecule has 5 fully saturated rings. The summed E-state index contributed by atoms with van der Waals surface area (Å²) in [6.07, 6.45) is 1.29. The van der Waals surface area contributed by atoms with E-state index in [2.05, 4.69) is 10.2 Å². The molecule has 1 amide bonds. The van der Waals surface area contributed by atoms with Crippen molar-refractivity contribution in [2.24, 2.45) is 29.6 Å². The van der Waals surface area contributed by atoms with Gasteiger partial charge in [0.15, 0.2) is 6.29 Å². The minimum atomic E-state index is -1.56. The summed E-state index contributed by atoms with van der Waals surface area (Å²) in [4.78, 5) is 27.9. The first-order chi connectivity index (χ1) is 22.1. The van der Waals surface area contributed by atoms with Crippen molar-refractivity contribution in [1.29, 1.82) is 0 Å². The quantitative estimate of drug-likeness (QED) is 0.132. The van der Waals surface area contributed by atoms with Crippen LogP contribution in [0.1, 0.15) is 90.9 Å². The zero-order valence-corrected chi connectivity index (χ0v) is 27.6. The Morgan fingerprint density at radius 2 is 1.91 bits per heavy atom. The van der Waals surface area contributed by atoms with Crippen molar-refractivity contribution in [3.63, 3.8) is 0 Å². The van der Waals surface area contributed by atoms with Gasteiger partial charge in [-0.1, -0.05) is 6.92 Å². The van der Waals surface area contributed by atoms with Gasteiger partial charge >= 0.3 is 0 Å². The number of nitrogens with zero attached hydrogens (tertiary/aromatic N) is 1. The minimum absolute atomic E-state index is 0.0362. The first kappa shape index (κ1) is 36.1. The largest absolute Gasteiger partial charge is 0.394 e. The second-order valence-electron chi connectivity index (χ2n) is 14.7. The van der Waals surface area contributed by atoms with E-state index in [0.717, 1.165) is 51.7 Å². The van der Waals surface area contributed by atoms with E-state index in [1.807, 2.05) is 13.8 Å². The van der Waals surface area contributed by atoms with Crippen molar-refractivity contribution in [3.8, 4) is 0 Å². The number of carbonyl (C=O) groups is 2. The van der Waals surface area contributed by atoms with Crippen LogP contribution in [0.2, 0.25) is 0 Å². The number of hydrogen-bond donors (Lipinski definition) is 6. The summed E-state index contributed by atoms with van der Waals surface area (Å²) in [7, 11) is 0. The predicted molar refractivity (Wildman–Crippen MR) is 167 cm³/mol. The number of ketones is 1. The molecule has 12 nitrogen and oxygen atoms in total. The molecule has 12 heteroatoms. The van der Waals surface area contributed by atoms with Gasteiger partial charge in [-0.2, -0.15) is 0 Å². The Labute approximate surface area is 273 Å². The van der Waals surface area contributed by atoms with Gasteiger partial charge < -0.3 is 45.1 Å². The third kappa shape index (κ3) is 9.06. The van der Waals surface area contributed by atoms with E-state index < -0.39 is 49.5 Å². The number of rotatable bonds is 17. The summed E-state index contributed by atoms with van der Waals surface area (Å²) in [6.45, 7) is 5.81. The Kier molecular flexibility index (Phi) is 12.9. The number of aliphatic hydroxyl groups is 5. The van der Waals surface area contributed by atoms with E-state index in [9.17, 15) is 35.1 Å². The third-order valence-corrected chi connectivity index (χ3v) is 11.2. The van der Waals surface area contributed by atoms with Crippen molar-refractivity contribution < 1.29 is 49.3 Å².